The first-order valence-corrected chi connectivity index (χ1v) is 6.46. The van der Waals surface area contributed by atoms with Crippen molar-refractivity contribution in [3.8, 4) is 0 Å². The van der Waals surface area contributed by atoms with Crippen LogP contribution < -0.4 is 5.73 Å². The number of ether oxygens (including phenoxy) is 1. The van der Waals surface area contributed by atoms with Gasteiger partial charge in [-0.05, 0) is 31.8 Å². The van der Waals surface area contributed by atoms with Crippen molar-refractivity contribution in [1.29, 1.82) is 0 Å². The molecule has 1 unspecified atom stereocenters. The normalized spacial score (nSPS) is 21.4. The highest BCUT2D eigenvalue weighted by Crippen LogP contribution is 2.10. The van der Waals surface area contributed by atoms with Crippen molar-refractivity contribution in [2.45, 2.75) is 12.6 Å². The fourth-order valence-corrected chi connectivity index (χ4v) is 2.39. The van der Waals surface area contributed by atoms with Crippen LogP contribution in [0.3, 0.4) is 0 Å². The Balaban J connectivity index is 1.82. The summed E-state index contributed by atoms with van der Waals surface area (Å²) in [6.07, 6.45) is 0.315. The minimum absolute atomic E-state index is 0.315. The second-order valence-electron chi connectivity index (χ2n) is 5.20. The first-order chi connectivity index (χ1) is 8.63. The second-order valence-corrected chi connectivity index (χ2v) is 5.20. The smallest absolute Gasteiger partial charge is 0.0829 e. The number of nitrogens with two attached hydrogens (primary N) is 1. The molecule has 0 radical (unpaired) electrons. The molecular weight excluding hydrogens is 226 g/mol. The number of nitrogen functional groups attached to an aromatic ring is 1. The lowest BCUT2D eigenvalue weighted by Gasteiger charge is -2.32. The third kappa shape index (κ3) is 3.98. The largest absolute Gasteiger partial charge is 0.399 e. The van der Waals surface area contributed by atoms with Gasteiger partial charge in [-0.1, -0.05) is 12.1 Å². The van der Waals surface area contributed by atoms with Gasteiger partial charge < -0.3 is 15.4 Å². The highest BCUT2D eigenvalue weighted by molar-refractivity contribution is 5.40. The summed E-state index contributed by atoms with van der Waals surface area (Å²) < 4.78 is 5.77. The topological polar surface area (TPSA) is 41.7 Å². The molecule has 2 N–H and O–H groups in total. The van der Waals surface area contributed by atoms with Crippen LogP contribution in [0.15, 0.2) is 24.3 Å². The van der Waals surface area contributed by atoms with Crippen molar-refractivity contribution in [3.63, 3.8) is 0 Å². The summed E-state index contributed by atoms with van der Waals surface area (Å²) in [6.45, 7) is 4.76. The minimum Gasteiger partial charge on any atom is -0.399 e. The van der Waals surface area contributed by atoms with Crippen LogP contribution in [0.25, 0.3) is 0 Å². The van der Waals surface area contributed by atoms with E-state index in [0.29, 0.717) is 6.10 Å². The van der Waals surface area contributed by atoms with Gasteiger partial charge in [0.15, 0.2) is 0 Å². The lowest BCUT2D eigenvalue weighted by atomic mass is 10.2. The Morgan fingerprint density at radius 1 is 1.50 bits per heavy atom. The average molecular weight is 249 g/mol. The molecular formula is C14H23N3O. The highest BCUT2D eigenvalue weighted by Gasteiger charge is 2.19. The molecule has 1 aromatic rings. The van der Waals surface area contributed by atoms with Gasteiger partial charge in [-0.15, -0.1) is 0 Å². The maximum Gasteiger partial charge on any atom is 0.0829 e. The van der Waals surface area contributed by atoms with E-state index in [0.717, 1.165) is 38.5 Å². The molecule has 0 aromatic heterocycles. The predicted octanol–water partition coefficient (Wildman–Crippen LogP) is 1.03. The fourth-order valence-electron chi connectivity index (χ4n) is 2.39. The number of hydrogen-bond donors (Lipinski definition) is 1. The maximum absolute atomic E-state index is 5.79. The van der Waals surface area contributed by atoms with Gasteiger partial charge in [0, 0.05) is 31.9 Å². The number of hydrogen-bond acceptors (Lipinski definition) is 4. The zero-order chi connectivity index (χ0) is 13.0. The molecule has 100 valence electrons. The first kappa shape index (κ1) is 13.3. The molecule has 1 saturated heterocycles. The zero-order valence-corrected chi connectivity index (χ0v) is 11.3. The molecule has 1 aliphatic heterocycles. The Labute approximate surface area is 109 Å². The Morgan fingerprint density at radius 3 is 3.06 bits per heavy atom. The van der Waals surface area contributed by atoms with Gasteiger partial charge in [0.05, 0.1) is 12.7 Å². The quantitative estimate of drug-likeness (QED) is 0.809. The molecule has 1 fully saturated rings. The molecule has 0 aliphatic carbocycles. The molecule has 18 heavy (non-hydrogen) atoms. The summed E-state index contributed by atoms with van der Waals surface area (Å²) in [5.74, 6) is 0. The van der Waals surface area contributed by atoms with Crippen LogP contribution in [0.1, 0.15) is 5.56 Å². The number of morpholine rings is 1. The molecule has 0 amide bonds. The summed E-state index contributed by atoms with van der Waals surface area (Å²) in [4.78, 5) is 4.61. The Morgan fingerprint density at radius 2 is 2.33 bits per heavy atom. The van der Waals surface area contributed by atoms with Gasteiger partial charge in [-0.2, -0.15) is 0 Å². The van der Waals surface area contributed by atoms with Gasteiger partial charge >= 0.3 is 0 Å². The average Bonchev–Trinajstić information content (AvgIpc) is 2.28. The van der Waals surface area contributed by atoms with Crippen LogP contribution in [-0.4, -0.2) is 56.2 Å². The maximum atomic E-state index is 5.79. The summed E-state index contributed by atoms with van der Waals surface area (Å²) in [7, 11) is 4.27. The molecule has 1 aliphatic rings. The molecule has 2 rings (SSSR count). The predicted molar refractivity (Wildman–Crippen MR) is 74.4 cm³/mol. The van der Waals surface area contributed by atoms with Crippen molar-refractivity contribution in [2.24, 2.45) is 0 Å². The monoisotopic (exact) mass is 249 g/mol. The first-order valence-electron chi connectivity index (χ1n) is 6.46. The number of benzene rings is 1. The molecule has 0 bridgehead atoms. The third-order valence-corrected chi connectivity index (χ3v) is 3.26. The van der Waals surface area contributed by atoms with E-state index in [9.17, 15) is 0 Å². The van der Waals surface area contributed by atoms with E-state index >= 15 is 0 Å². The van der Waals surface area contributed by atoms with Crippen LogP contribution >= 0.6 is 0 Å². The van der Waals surface area contributed by atoms with E-state index in [1.807, 2.05) is 18.2 Å². The number of anilines is 1. The summed E-state index contributed by atoms with van der Waals surface area (Å²) in [5.41, 5.74) is 7.87. The van der Waals surface area contributed by atoms with E-state index < -0.39 is 0 Å². The summed E-state index contributed by atoms with van der Waals surface area (Å²) in [5, 5.41) is 0. The molecule has 1 heterocycles. The Hall–Kier alpha value is -1.10. The number of rotatable bonds is 4. The Bertz CT molecular complexity index is 383. The fraction of sp³-hybridized carbons (Fsp3) is 0.571. The van der Waals surface area contributed by atoms with E-state index in [2.05, 4.69) is 30.0 Å². The van der Waals surface area contributed by atoms with Crippen LogP contribution in [0.4, 0.5) is 5.69 Å². The lowest BCUT2D eigenvalue weighted by Crippen LogP contribution is -2.45. The van der Waals surface area contributed by atoms with Crippen molar-refractivity contribution in [2.75, 3.05) is 46.1 Å². The second kappa shape index (κ2) is 6.18. The number of likely N-dealkylation sites (N-methyl/N-ethyl adjacent to an activating group) is 2. The van der Waals surface area contributed by atoms with E-state index in [-0.39, 0.29) is 0 Å². The van der Waals surface area contributed by atoms with Gasteiger partial charge in [-0.25, -0.2) is 0 Å². The van der Waals surface area contributed by atoms with Gasteiger partial charge in [-0.3, -0.25) is 4.90 Å². The highest BCUT2D eigenvalue weighted by atomic mass is 16.5. The van der Waals surface area contributed by atoms with Crippen molar-refractivity contribution in [3.05, 3.63) is 29.8 Å². The molecule has 4 heteroatoms. The SMILES string of the molecule is CN1CCOC(CN(C)Cc2cccc(N)c2)C1. The molecule has 0 saturated carbocycles. The van der Waals surface area contributed by atoms with Crippen LogP contribution in [0.5, 0.6) is 0 Å². The summed E-state index contributed by atoms with van der Waals surface area (Å²) >= 11 is 0. The zero-order valence-electron chi connectivity index (χ0n) is 11.3. The van der Waals surface area contributed by atoms with E-state index in [4.69, 9.17) is 10.5 Å². The molecule has 4 nitrogen and oxygen atoms in total. The summed E-state index contributed by atoms with van der Waals surface area (Å²) in [6, 6.07) is 8.07. The van der Waals surface area contributed by atoms with E-state index in [1.54, 1.807) is 0 Å². The third-order valence-electron chi connectivity index (χ3n) is 3.26. The van der Waals surface area contributed by atoms with E-state index in [1.165, 1.54) is 5.56 Å². The van der Waals surface area contributed by atoms with Crippen molar-refractivity contribution in [1.82, 2.24) is 9.80 Å². The van der Waals surface area contributed by atoms with Gasteiger partial charge in [0.2, 0.25) is 0 Å². The van der Waals surface area contributed by atoms with Gasteiger partial charge in [0.1, 0.15) is 0 Å². The van der Waals surface area contributed by atoms with Crippen LogP contribution in [-0.2, 0) is 11.3 Å². The Kier molecular flexibility index (Phi) is 4.58. The van der Waals surface area contributed by atoms with Crippen molar-refractivity contribution >= 4 is 5.69 Å². The van der Waals surface area contributed by atoms with Crippen molar-refractivity contribution < 1.29 is 4.74 Å². The standard InChI is InChI=1S/C14H23N3O/c1-16-6-7-18-14(10-16)11-17(2)9-12-4-3-5-13(15)8-12/h3-5,8,14H,6-7,9-11,15H2,1-2H3. The minimum atomic E-state index is 0.315. The molecule has 0 spiro atoms. The number of nitrogens with zero attached hydrogens (tertiary/aromatic N) is 2. The lowest BCUT2D eigenvalue weighted by molar-refractivity contribution is -0.0333. The molecule has 1 aromatic carbocycles. The van der Waals surface area contributed by atoms with Crippen LogP contribution in [0, 0.1) is 0 Å². The van der Waals surface area contributed by atoms with Gasteiger partial charge in [0.25, 0.3) is 0 Å². The molecule has 1 atom stereocenters. The van der Waals surface area contributed by atoms with Crippen LogP contribution in [0.2, 0.25) is 0 Å².